The summed E-state index contributed by atoms with van der Waals surface area (Å²) in [6.07, 6.45) is 1.03. The summed E-state index contributed by atoms with van der Waals surface area (Å²) in [6, 6.07) is 0.260. The lowest BCUT2D eigenvalue weighted by Crippen LogP contribution is -2.31. The van der Waals surface area contributed by atoms with E-state index in [2.05, 4.69) is 27.5 Å². The monoisotopic (exact) mass is 337 g/mol. The van der Waals surface area contributed by atoms with E-state index in [9.17, 15) is 0 Å². The smallest absolute Gasteiger partial charge is 0.294 e. The van der Waals surface area contributed by atoms with Crippen LogP contribution in [0, 0.1) is 13.8 Å². The van der Waals surface area contributed by atoms with Crippen LogP contribution in [0.15, 0.2) is 0 Å². The fourth-order valence-corrected chi connectivity index (χ4v) is 3.69. The number of nitrogens with zero attached hydrogens (tertiary/aromatic N) is 4. The molecule has 2 aromatic rings. The number of ether oxygens (including phenoxy) is 2. The summed E-state index contributed by atoms with van der Waals surface area (Å²) in [5.41, 5.74) is 3.41. The van der Waals surface area contributed by atoms with Gasteiger partial charge in [-0.25, -0.2) is 0 Å². The molecule has 2 atom stereocenters. The molecule has 0 radical (unpaired) electrons. The zero-order valence-electron chi connectivity index (χ0n) is 14.0. The topological polar surface area (TPSA) is 74.1 Å². The Morgan fingerprint density at radius 3 is 2.91 bits per heavy atom. The van der Waals surface area contributed by atoms with E-state index >= 15 is 0 Å². The molecular weight excluding hydrogens is 314 g/mol. The molecule has 0 unspecified atom stereocenters. The molecule has 1 aliphatic heterocycles. The molecule has 7 nitrogen and oxygen atoms in total. The van der Waals surface area contributed by atoms with Crippen molar-refractivity contribution in [3.63, 3.8) is 0 Å². The minimum absolute atomic E-state index is 0.0444. The Kier molecular flexibility index (Phi) is 4.93. The Morgan fingerprint density at radius 2 is 2.22 bits per heavy atom. The Morgan fingerprint density at radius 1 is 1.39 bits per heavy atom. The molecule has 23 heavy (non-hydrogen) atoms. The number of nitrogens with one attached hydrogen (secondary N) is 1. The third kappa shape index (κ3) is 3.39. The van der Waals surface area contributed by atoms with E-state index in [0.717, 1.165) is 29.4 Å². The van der Waals surface area contributed by atoms with Crippen LogP contribution in [0.2, 0.25) is 0 Å². The van der Waals surface area contributed by atoms with Gasteiger partial charge in [0.15, 0.2) is 0 Å². The van der Waals surface area contributed by atoms with Gasteiger partial charge in [-0.2, -0.15) is 5.10 Å². The summed E-state index contributed by atoms with van der Waals surface area (Å²) >= 11 is 1.48. The molecule has 0 aliphatic carbocycles. The van der Waals surface area contributed by atoms with Crippen LogP contribution >= 0.6 is 11.3 Å². The molecule has 0 amide bonds. The normalized spacial score (nSPS) is 21.0. The molecule has 0 bridgehead atoms. The first-order valence-electron chi connectivity index (χ1n) is 7.90. The van der Waals surface area contributed by atoms with Gasteiger partial charge in [0.25, 0.3) is 5.19 Å². The minimum Gasteiger partial charge on any atom is -0.469 e. The molecule has 3 heterocycles. The van der Waals surface area contributed by atoms with Crippen molar-refractivity contribution in [3.05, 3.63) is 22.0 Å². The van der Waals surface area contributed by atoms with Crippen molar-refractivity contribution in [2.75, 3.05) is 13.2 Å². The Balaban J connectivity index is 1.67. The van der Waals surface area contributed by atoms with Crippen LogP contribution in [0.4, 0.5) is 0 Å². The van der Waals surface area contributed by atoms with Gasteiger partial charge >= 0.3 is 0 Å². The van der Waals surface area contributed by atoms with Crippen molar-refractivity contribution in [1.29, 1.82) is 0 Å². The van der Waals surface area contributed by atoms with Gasteiger partial charge in [-0.1, -0.05) is 11.3 Å². The maximum Gasteiger partial charge on any atom is 0.294 e. The molecule has 0 aromatic carbocycles. The third-order valence-electron chi connectivity index (χ3n) is 4.17. The van der Waals surface area contributed by atoms with Gasteiger partial charge in [0.05, 0.1) is 18.8 Å². The van der Waals surface area contributed by atoms with Crippen molar-refractivity contribution in [3.8, 4) is 5.19 Å². The average molecular weight is 337 g/mol. The SMILES string of the molecule is CCOc1nnc(CN[C@H]2CCO[C@@H]2c2c(C)nn(C)c2C)s1. The van der Waals surface area contributed by atoms with Crippen LogP contribution in [0.1, 0.15) is 41.4 Å². The summed E-state index contributed by atoms with van der Waals surface area (Å²) in [6.45, 7) is 8.12. The molecule has 126 valence electrons. The van der Waals surface area contributed by atoms with Crippen LogP contribution in [-0.4, -0.2) is 39.2 Å². The first kappa shape index (κ1) is 16.4. The number of hydrogen-bond acceptors (Lipinski definition) is 7. The molecule has 0 saturated carbocycles. The fourth-order valence-electron chi connectivity index (χ4n) is 2.99. The van der Waals surface area contributed by atoms with Crippen LogP contribution in [0.3, 0.4) is 0 Å². The predicted molar refractivity (Wildman–Crippen MR) is 87.7 cm³/mol. The summed E-state index contributed by atoms with van der Waals surface area (Å²) in [7, 11) is 1.97. The molecule has 1 N–H and O–H groups in total. The second-order valence-corrected chi connectivity index (χ2v) is 6.69. The van der Waals surface area contributed by atoms with E-state index in [1.165, 1.54) is 16.9 Å². The lowest BCUT2D eigenvalue weighted by atomic mass is 10.0. The minimum atomic E-state index is 0.0444. The predicted octanol–water partition coefficient (Wildman–Crippen LogP) is 1.91. The lowest BCUT2D eigenvalue weighted by molar-refractivity contribution is 0.0974. The molecule has 0 spiro atoms. The summed E-state index contributed by atoms with van der Waals surface area (Å²) in [5, 5.41) is 17.8. The highest BCUT2D eigenvalue weighted by Crippen LogP contribution is 2.33. The van der Waals surface area contributed by atoms with E-state index < -0.39 is 0 Å². The van der Waals surface area contributed by atoms with Gasteiger partial charge < -0.3 is 14.8 Å². The van der Waals surface area contributed by atoms with Crippen LogP contribution in [0.5, 0.6) is 5.19 Å². The van der Waals surface area contributed by atoms with Gasteiger partial charge in [-0.3, -0.25) is 4.68 Å². The highest BCUT2D eigenvalue weighted by Gasteiger charge is 2.33. The van der Waals surface area contributed by atoms with Gasteiger partial charge in [0, 0.05) is 31.0 Å². The van der Waals surface area contributed by atoms with Crippen molar-refractivity contribution < 1.29 is 9.47 Å². The lowest BCUT2D eigenvalue weighted by Gasteiger charge is -2.20. The fraction of sp³-hybridized carbons (Fsp3) is 0.667. The standard InChI is InChI=1S/C15H23N5O2S/c1-5-21-15-18-17-12(23-15)8-16-11-6-7-22-14(11)13-9(2)19-20(4)10(13)3/h11,14,16H,5-8H2,1-4H3/t11-,14-/m0/s1. The first-order valence-corrected chi connectivity index (χ1v) is 8.72. The summed E-state index contributed by atoms with van der Waals surface area (Å²) in [5.74, 6) is 0. The third-order valence-corrected chi connectivity index (χ3v) is 5.01. The van der Waals surface area contributed by atoms with E-state index in [1.807, 2.05) is 25.6 Å². The van der Waals surface area contributed by atoms with Gasteiger partial charge in [0.1, 0.15) is 11.1 Å². The highest BCUT2D eigenvalue weighted by molar-refractivity contribution is 7.13. The molecular formula is C15H23N5O2S. The summed E-state index contributed by atoms with van der Waals surface area (Å²) in [4.78, 5) is 0. The second kappa shape index (κ2) is 6.94. The zero-order chi connectivity index (χ0) is 16.4. The maximum absolute atomic E-state index is 5.99. The molecule has 1 fully saturated rings. The quantitative estimate of drug-likeness (QED) is 0.868. The first-order chi connectivity index (χ1) is 11.1. The van der Waals surface area contributed by atoms with E-state index in [4.69, 9.17) is 9.47 Å². The highest BCUT2D eigenvalue weighted by atomic mass is 32.1. The number of aryl methyl sites for hydroxylation is 2. The molecule has 2 aromatic heterocycles. The van der Waals surface area contributed by atoms with Crippen molar-refractivity contribution in [1.82, 2.24) is 25.3 Å². The Hall–Kier alpha value is -1.51. The van der Waals surface area contributed by atoms with E-state index in [0.29, 0.717) is 18.3 Å². The number of aromatic nitrogens is 4. The number of rotatable bonds is 6. The average Bonchev–Trinajstić information content (AvgIpc) is 3.19. The van der Waals surface area contributed by atoms with E-state index in [1.54, 1.807) is 0 Å². The van der Waals surface area contributed by atoms with Gasteiger partial charge in [-0.15, -0.1) is 10.2 Å². The van der Waals surface area contributed by atoms with E-state index in [-0.39, 0.29) is 12.1 Å². The molecule has 1 aliphatic rings. The molecule has 8 heteroatoms. The molecule has 3 rings (SSSR count). The van der Waals surface area contributed by atoms with Crippen LogP contribution in [0.25, 0.3) is 0 Å². The van der Waals surface area contributed by atoms with Gasteiger partial charge in [-0.05, 0) is 27.2 Å². The van der Waals surface area contributed by atoms with Crippen molar-refractivity contribution in [2.24, 2.45) is 7.05 Å². The molecule has 1 saturated heterocycles. The van der Waals surface area contributed by atoms with Gasteiger partial charge in [0.2, 0.25) is 0 Å². The zero-order valence-corrected chi connectivity index (χ0v) is 14.8. The maximum atomic E-state index is 5.99. The van der Waals surface area contributed by atoms with Crippen molar-refractivity contribution in [2.45, 2.75) is 45.9 Å². The summed E-state index contributed by atoms with van der Waals surface area (Å²) < 4.78 is 13.3. The van der Waals surface area contributed by atoms with Crippen LogP contribution in [-0.2, 0) is 18.3 Å². The second-order valence-electron chi connectivity index (χ2n) is 5.67. The Bertz CT molecular complexity index is 669. The van der Waals surface area contributed by atoms with Crippen LogP contribution < -0.4 is 10.1 Å². The number of hydrogen-bond donors (Lipinski definition) is 1. The Labute approximate surface area is 140 Å². The largest absolute Gasteiger partial charge is 0.469 e. The van der Waals surface area contributed by atoms with Crippen molar-refractivity contribution >= 4 is 11.3 Å².